The second-order valence-corrected chi connectivity index (χ2v) is 9.21. The minimum absolute atomic E-state index is 0.0963. The van der Waals surface area contributed by atoms with Crippen molar-refractivity contribution in [3.63, 3.8) is 0 Å². The van der Waals surface area contributed by atoms with E-state index in [0.29, 0.717) is 19.4 Å². The molecule has 35 heavy (non-hydrogen) atoms. The number of amides is 3. The van der Waals surface area contributed by atoms with E-state index < -0.39 is 35.6 Å². The lowest BCUT2D eigenvalue weighted by Crippen LogP contribution is -2.50. The summed E-state index contributed by atoms with van der Waals surface area (Å²) in [5.74, 6) is -1.55. The van der Waals surface area contributed by atoms with Gasteiger partial charge in [-0.3, -0.25) is 14.4 Å². The van der Waals surface area contributed by atoms with Crippen molar-refractivity contribution in [1.29, 1.82) is 5.26 Å². The van der Waals surface area contributed by atoms with Crippen LogP contribution in [0.4, 0.5) is 13.2 Å². The molecule has 1 aliphatic carbocycles. The number of benzene rings is 1. The summed E-state index contributed by atoms with van der Waals surface area (Å²) in [6.45, 7) is 0.590. The van der Waals surface area contributed by atoms with Gasteiger partial charge in [-0.2, -0.15) is 18.4 Å². The standard InChI is InChI=1S/C24H26F3N5O3/c25-24(26,27)17-4-1-5-18-16(17)11-20(31-18)23(35)32-19(9-13-6-7-13)22(34)30-15(12-28)10-14-3-2-8-29-21(14)33/h1,4-5,11,13-15,19,31H,2-3,6-10H2,(H,29,33)(H,30,34)(H,32,35)/t14?,15-,19?/m0/s1. The molecule has 0 bridgehead atoms. The number of aromatic amines is 1. The molecule has 186 valence electrons. The normalized spacial score (nSPS) is 19.9. The van der Waals surface area contributed by atoms with Gasteiger partial charge in [0.2, 0.25) is 11.8 Å². The summed E-state index contributed by atoms with van der Waals surface area (Å²) >= 11 is 0. The molecule has 4 N–H and O–H groups in total. The molecule has 1 saturated carbocycles. The molecule has 1 aromatic heterocycles. The fourth-order valence-electron chi connectivity index (χ4n) is 4.44. The van der Waals surface area contributed by atoms with Crippen LogP contribution in [0.5, 0.6) is 0 Å². The van der Waals surface area contributed by atoms with Crippen LogP contribution >= 0.6 is 0 Å². The summed E-state index contributed by atoms with van der Waals surface area (Å²) in [6, 6.07) is 4.90. The number of hydrogen-bond acceptors (Lipinski definition) is 4. The van der Waals surface area contributed by atoms with Crippen LogP contribution in [0.1, 0.15) is 54.6 Å². The summed E-state index contributed by atoms with van der Waals surface area (Å²) in [4.78, 5) is 40.6. The zero-order chi connectivity index (χ0) is 25.2. The Morgan fingerprint density at radius 2 is 1.94 bits per heavy atom. The van der Waals surface area contributed by atoms with Crippen molar-refractivity contribution in [3.8, 4) is 6.07 Å². The molecule has 4 rings (SSSR count). The smallest absolute Gasteiger partial charge is 0.356 e. The second kappa shape index (κ2) is 9.98. The zero-order valence-electron chi connectivity index (χ0n) is 18.9. The molecule has 1 aliphatic heterocycles. The van der Waals surface area contributed by atoms with E-state index in [0.717, 1.165) is 31.4 Å². The zero-order valence-corrected chi connectivity index (χ0v) is 18.9. The third kappa shape index (κ3) is 5.93. The molecule has 2 aliphatic rings. The molecule has 2 unspecified atom stereocenters. The maximum Gasteiger partial charge on any atom is 0.417 e. The van der Waals surface area contributed by atoms with Crippen molar-refractivity contribution in [2.45, 2.75) is 56.8 Å². The quantitative estimate of drug-likeness (QED) is 0.455. The van der Waals surface area contributed by atoms with E-state index in [4.69, 9.17) is 0 Å². The largest absolute Gasteiger partial charge is 0.417 e. The van der Waals surface area contributed by atoms with Crippen molar-refractivity contribution in [1.82, 2.24) is 20.9 Å². The Balaban J connectivity index is 1.46. The Hall–Kier alpha value is -3.55. The van der Waals surface area contributed by atoms with Crippen LogP contribution in [-0.2, 0) is 15.8 Å². The topological polar surface area (TPSA) is 127 Å². The minimum atomic E-state index is -4.58. The van der Waals surface area contributed by atoms with E-state index in [1.54, 1.807) is 0 Å². The fraction of sp³-hybridized carbons (Fsp3) is 0.500. The van der Waals surface area contributed by atoms with Crippen LogP contribution < -0.4 is 16.0 Å². The molecule has 2 fully saturated rings. The van der Waals surface area contributed by atoms with Crippen LogP contribution in [0.3, 0.4) is 0 Å². The molecule has 8 nitrogen and oxygen atoms in total. The summed E-state index contributed by atoms with van der Waals surface area (Å²) in [5, 5.41) is 17.4. The van der Waals surface area contributed by atoms with Gasteiger partial charge in [0.25, 0.3) is 5.91 Å². The number of carbonyl (C=O) groups excluding carboxylic acids is 3. The van der Waals surface area contributed by atoms with E-state index in [9.17, 15) is 32.8 Å². The molecule has 1 aromatic carbocycles. The summed E-state index contributed by atoms with van der Waals surface area (Å²) < 4.78 is 40.0. The van der Waals surface area contributed by atoms with E-state index in [2.05, 4.69) is 20.9 Å². The van der Waals surface area contributed by atoms with E-state index in [-0.39, 0.29) is 40.8 Å². The van der Waals surface area contributed by atoms with Crippen LogP contribution in [0.15, 0.2) is 24.3 Å². The number of fused-ring (bicyclic) bond motifs is 1. The Kier molecular flexibility index (Phi) is 7.00. The Labute approximate surface area is 199 Å². The van der Waals surface area contributed by atoms with Gasteiger partial charge in [-0.15, -0.1) is 0 Å². The van der Waals surface area contributed by atoms with Crippen LogP contribution in [-0.4, -0.2) is 41.3 Å². The van der Waals surface area contributed by atoms with Crippen LogP contribution in [0, 0.1) is 23.2 Å². The van der Waals surface area contributed by atoms with Crippen molar-refractivity contribution >= 4 is 28.6 Å². The lowest BCUT2D eigenvalue weighted by molar-refractivity contribution is -0.136. The average molecular weight is 489 g/mol. The number of halogens is 3. The van der Waals surface area contributed by atoms with Gasteiger partial charge in [0.15, 0.2) is 0 Å². The van der Waals surface area contributed by atoms with E-state index >= 15 is 0 Å². The Morgan fingerprint density at radius 1 is 1.17 bits per heavy atom. The number of nitrogens with one attached hydrogen (secondary N) is 4. The average Bonchev–Trinajstić information content (AvgIpc) is 3.52. The van der Waals surface area contributed by atoms with Crippen molar-refractivity contribution in [2.24, 2.45) is 11.8 Å². The number of rotatable bonds is 8. The number of alkyl halides is 3. The van der Waals surface area contributed by atoms with Gasteiger partial charge in [-0.05, 0) is 49.8 Å². The van der Waals surface area contributed by atoms with Gasteiger partial charge in [-0.1, -0.05) is 18.9 Å². The highest BCUT2D eigenvalue weighted by Crippen LogP contribution is 2.35. The Bertz CT molecular complexity index is 1170. The van der Waals surface area contributed by atoms with Crippen LogP contribution in [0.2, 0.25) is 0 Å². The lowest BCUT2D eigenvalue weighted by atomic mass is 9.92. The first kappa shape index (κ1) is 24.6. The lowest BCUT2D eigenvalue weighted by Gasteiger charge is -2.25. The van der Waals surface area contributed by atoms with E-state index in [1.807, 2.05) is 6.07 Å². The van der Waals surface area contributed by atoms with Gasteiger partial charge in [-0.25, -0.2) is 0 Å². The molecular formula is C24H26F3N5O3. The van der Waals surface area contributed by atoms with E-state index in [1.165, 1.54) is 12.1 Å². The third-order valence-electron chi connectivity index (χ3n) is 6.49. The molecule has 3 atom stereocenters. The highest BCUT2D eigenvalue weighted by atomic mass is 19.4. The number of aromatic nitrogens is 1. The first-order valence-electron chi connectivity index (χ1n) is 11.6. The number of H-pyrrole nitrogens is 1. The monoisotopic (exact) mass is 489 g/mol. The summed E-state index contributed by atoms with van der Waals surface area (Å²) in [6.07, 6.45) is -0.818. The fourth-order valence-corrected chi connectivity index (χ4v) is 4.44. The number of hydrogen-bond donors (Lipinski definition) is 4. The minimum Gasteiger partial charge on any atom is -0.356 e. The Morgan fingerprint density at radius 3 is 2.60 bits per heavy atom. The number of nitrogens with zero attached hydrogens (tertiary/aromatic N) is 1. The molecule has 2 aromatic rings. The number of nitriles is 1. The maximum atomic E-state index is 13.3. The maximum absolute atomic E-state index is 13.3. The molecule has 0 spiro atoms. The van der Waals surface area contributed by atoms with Gasteiger partial charge >= 0.3 is 6.18 Å². The molecule has 1 saturated heterocycles. The number of carbonyl (C=O) groups is 3. The molecular weight excluding hydrogens is 463 g/mol. The van der Waals surface area contributed by atoms with Crippen molar-refractivity contribution < 1.29 is 27.6 Å². The second-order valence-electron chi connectivity index (χ2n) is 9.21. The first-order valence-corrected chi connectivity index (χ1v) is 11.6. The third-order valence-corrected chi connectivity index (χ3v) is 6.49. The molecule has 2 heterocycles. The van der Waals surface area contributed by atoms with Crippen LogP contribution in [0.25, 0.3) is 10.9 Å². The highest BCUT2D eigenvalue weighted by molar-refractivity contribution is 6.01. The van der Waals surface area contributed by atoms with Gasteiger partial charge in [0.05, 0.1) is 11.6 Å². The van der Waals surface area contributed by atoms with Gasteiger partial charge < -0.3 is 20.9 Å². The summed E-state index contributed by atoms with van der Waals surface area (Å²) in [7, 11) is 0. The highest BCUT2D eigenvalue weighted by Gasteiger charge is 2.35. The molecule has 3 amide bonds. The van der Waals surface area contributed by atoms with Gasteiger partial charge in [0.1, 0.15) is 17.8 Å². The predicted molar refractivity (Wildman–Crippen MR) is 120 cm³/mol. The summed E-state index contributed by atoms with van der Waals surface area (Å²) in [5.41, 5.74) is -0.800. The molecule has 11 heteroatoms. The molecule has 0 radical (unpaired) electrons. The number of piperidine rings is 1. The van der Waals surface area contributed by atoms with Crippen molar-refractivity contribution in [2.75, 3.05) is 6.54 Å². The first-order chi connectivity index (χ1) is 16.7. The van der Waals surface area contributed by atoms with Gasteiger partial charge in [0, 0.05) is 23.4 Å². The predicted octanol–water partition coefficient (Wildman–Crippen LogP) is 3.01. The van der Waals surface area contributed by atoms with Crippen molar-refractivity contribution in [3.05, 3.63) is 35.5 Å². The SMILES string of the molecule is N#C[C@H](CC1CCCNC1=O)NC(=O)C(CC1CC1)NC(=O)c1cc2c(C(F)(F)F)cccc2[nH]1.